The Hall–Kier alpha value is -1.78. The molecule has 2 aromatic rings. The summed E-state index contributed by atoms with van der Waals surface area (Å²) in [7, 11) is -7.22. The minimum Gasteiger partial charge on any atom is -0.411 e. The number of sulfonamides is 1. The number of benzene rings is 1. The molecule has 1 saturated heterocycles. The van der Waals surface area contributed by atoms with Crippen molar-refractivity contribution in [3.8, 4) is 0 Å². The minimum absolute atomic E-state index is 0.0192. The lowest BCUT2D eigenvalue weighted by Gasteiger charge is -2.21. The molecular formula is C15H19N3O5S2. The maximum atomic E-state index is 12.8. The molecule has 0 N–H and O–H groups in total. The van der Waals surface area contributed by atoms with Crippen molar-refractivity contribution in [2.45, 2.75) is 36.8 Å². The van der Waals surface area contributed by atoms with Gasteiger partial charge in [0.05, 0.1) is 5.75 Å². The minimum atomic E-state index is -3.63. The summed E-state index contributed by atoms with van der Waals surface area (Å²) < 4.78 is 55.1. The first kappa shape index (κ1) is 18.0. The third kappa shape index (κ3) is 3.91. The van der Waals surface area contributed by atoms with Crippen LogP contribution < -0.4 is 0 Å². The Kier molecular flexibility index (Phi) is 4.69. The Bertz CT molecular complexity index is 982. The van der Waals surface area contributed by atoms with E-state index in [1.165, 1.54) is 4.31 Å². The number of hydrogen-bond donors (Lipinski definition) is 0. The van der Waals surface area contributed by atoms with Crippen LogP contribution in [0.1, 0.15) is 35.9 Å². The van der Waals surface area contributed by atoms with Crippen molar-refractivity contribution in [1.82, 2.24) is 14.5 Å². The van der Waals surface area contributed by atoms with Crippen LogP contribution in [0.3, 0.4) is 0 Å². The van der Waals surface area contributed by atoms with Gasteiger partial charge in [-0.2, -0.15) is 4.31 Å². The average Bonchev–Trinajstić information content (AvgIpc) is 3.15. The van der Waals surface area contributed by atoms with Crippen LogP contribution in [0.5, 0.6) is 0 Å². The molecule has 0 bridgehead atoms. The van der Waals surface area contributed by atoms with E-state index in [4.69, 9.17) is 4.42 Å². The normalized spacial score (nSPS) is 19.4. The van der Waals surface area contributed by atoms with Crippen molar-refractivity contribution in [3.05, 3.63) is 41.3 Å². The van der Waals surface area contributed by atoms with E-state index in [9.17, 15) is 16.8 Å². The summed E-state index contributed by atoms with van der Waals surface area (Å²) in [5.74, 6) is -0.108. The fourth-order valence-electron chi connectivity index (χ4n) is 2.92. The lowest BCUT2D eigenvalue weighted by atomic mass is 10.2. The van der Waals surface area contributed by atoms with Gasteiger partial charge in [0.2, 0.25) is 25.8 Å². The van der Waals surface area contributed by atoms with Crippen LogP contribution in [0.2, 0.25) is 0 Å². The molecule has 0 unspecified atom stereocenters. The van der Waals surface area contributed by atoms with E-state index in [0.29, 0.717) is 24.9 Å². The fourth-order valence-corrected chi connectivity index (χ4v) is 5.10. The molecule has 0 amide bonds. The third-order valence-electron chi connectivity index (χ3n) is 4.02. The van der Waals surface area contributed by atoms with Crippen LogP contribution in [-0.2, 0) is 25.6 Å². The summed E-state index contributed by atoms with van der Waals surface area (Å²) in [6.07, 6.45) is 2.12. The van der Waals surface area contributed by atoms with Crippen LogP contribution >= 0.6 is 0 Å². The van der Waals surface area contributed by atoms with Crippen LogP contribution in [0, 0.1) is 6.92 Å². The topological polar surface area (TPSA) is 110 Å². The Morgan fingerprint density at radius 3 is 2.64 bits per heavy atom. The van der Waals surface area contributed by atoms with Gasteiger partial charge in [-0.15, -0.1) is 5.10 Å². The van der Waals surface area contributed by atoms with Gasteiger partial charge in [0, 0.05) is 12.8 Å². The fraction of sp³-hybridized carbons (Fsp3) is 0.467. The first-order valence-electron chi connectivity index (χ1n) is 7.75. The molecule has 1 aromatic heterocycles. The smallest absolute Gasteiger partial charge is 0.335 e. The lowest BCUT2D eigenvalue weighted by Crippen LogP contribution is -2.32. The Labute approximate surface area is 146 Å². The first-order chi connectivity index (χ1) is 11.7. The SMILES string of the molecule is Cc1cccc(CS(=O)(=O)N2CCC[C@H]2c2nnc(S(C)(=O)=O)o2)c1. The zero-order valence-corrected chi connectivity index (χ0v) is 15.5. The van der Waals surface area contributed by atoms with Gasteiger partial charge in [0.15, 0.2) is 0 Å². The maximum absolute atomic E-state index is 12.8. The number of nitrogens with zero attached hydrogens (tertiary/aromatic N) is 3. The first-order valence-corrected chi connectivity index (χ1v) is 11.3. The standard InChI is InChI=1S/C15H19N3O5S2/c1-11-5-3-6-12(9-11)10-25(21,22)18-8-4-7-13(18)14-16-17-15(23-14)24(2,19)20/h3,5-6,9,13H,4,7-8,10H2,1-2H3/t13-/m0/s1. The lowest BCUT2D eigenvalue weighted by molar-refractivity contribution is 0.303. The van der Waals surface area contributed by atoms with Crippen molar-refractivity contribution in [2.24, 2.45) is 0 Å². The molecule has 136 valence electrons. The molecule has 25 heavy (non-hydrogen) atoms. The number of aromatic nitrogens is 2. The summed E-state index contributed by atoms with van der Waals surface area (Å²) in [4.78, 5) is 0. The monoisotopic (exact) mass is 385 g/mol. The van der Waals surface area contributed by atoms with E-state index >= 15 is 0 Å². The molecule has 0 aliphatic carbocycles. The van der Waals surface area contributed by atoms with E-state index in [-0.39, 0.29) is 11.6 Å². The number of sulfone groups is 1. The van der Waals surface area contributed by atoms with E-state index in [0.717, 1.165) is 11.8 Å². The zero-order chi connectivity index (χ0) is 18.2. The van der Waals surface area contributed by atoms with Crippen LogP contribution in [0.15, 0.2) is 33.9 Å². The molecule has 10 heteroatoms. The van der Waals surface area contributed by atoms with Crippen molar-refractivity contribution in [1.29, 1.82) is 0 Å². The van der Waals surface area contributed by atoms with Crippen molar-refractivity contribution < 1.29 is 21.3 Å². The summed E-state index contributed by atoms with van der Waals surface area (Å²) >= 11 is 0. The third-order valence-corrected chi connectivity index (χ3v) is 6.67. The molecule has 1 aliphatic heterocycles. The zero-order valence-electron chi connectivity index (χ0n) is 13.9. The summed E-state index contributed by atoms with van der Waals surface area (Å²) in [5.41, 5.74) is 1.69. The molecule has 0 saturated carbocycles. The molecular weight excluding hydrogens is 366 g/mol. The van der Waals surface area contributed by atoms with Gasteiger partial charge >= 0.3 is 5.22 Å². The van der Waals surface area contributed by atoms with Gasteiger partial charge in [-0.1, -0.05) is 34.9 Å². The van der Waals surface area contributed by atoms with Gasteiger partial charge in [-0.05, 0) is 25.3 Å². The average molecular weight is 385 g/mol. The highest BCUT2D eigenvalue weighted by atomic mass is 32.2. The highest BCUT2D eigenvalue weighted by Gasteiger charge is 2.38. The predicted molar refractivity (Wildman–Crippen MR) is 89.9 cm³/mol. The quantitative estimate of drug-likeness (QED) is 0.766. The maximum Gasteiger partial charge on any atom is 0.335 e. The van der Waals surface area contributed by atoms with Gasteiger partial charge in [0.1, 0.15) is 6.04 Å². The van der Waals surface area contributed by atoms with E-state index in [1.54, 1.807) is 6.07 Å². The van der Waals surface area contributed by atoms with Gasteiger partial charge in [0.25, 0.3) is 0 Å². The Balaban J connectivity index is 1.86. The van der Waals surface area contributed by atoms with Gasteiger partial charge < -0.3 is 4.42 Å². The summed E-state index contributed by atoms with van der Waals surface area (Å²) in [6.45, 7) is 2.25. The van der Waals surface area contributed by atoms with Crippen molar-refractivity contribution in [3.63, 3.8) is 0 Å². The number of aryl methyl sites for hydroxylation is 1. The molecule has 0 radical (unpaired) electrons. The predicted octanol–water partition coefficient (Wildman–Crippen LogP) is 1.45. The molecule has 2 heterocycles. The second-order valence-corrected chi connectivity index (χ2v) is 10.0. The van der Waals surface area contributed by atoms with Gasteiger partial charge in [-0.25, -0.2) is 16.8 Å². The highest BCUT2D eigenvalue weighted by Crippen LogP contribution is 2.35. The molecule has 1 aliphatic rings. The highest BCUT2D eigenvalue weighted by molar-refractivity contribution is 7.90. The molecule has 1 atom stereocenters. The van der Waals surface area contributed by atoms with Crippen molar-refractivity contribution >= 4 is 19.9 Å². The van der Waals surface area contributed by atoms with E-state index in [1.807, 2.05) is 25.1 Å². The molecule has 8 nitrogen and oxygen atoms in total. The van der Waals surface area contributed by atoms with Crippen LogP contribution in [0.25, 0.3) is 0 Å². The second kappa shape index (κ2) is 6.50. The van der Waals surface area contributed by atoms with Crippen molar-refractivity contribution in [2.75, 3.05) is 12.8 Å². The summed E-state index contributed by atoms with van der Waals surface area (Å²) in [6, 6.07) is 6.69. The van der Waals surface area contributed by atoms with Crippen LogP contribution in [-0.4, -0.2) is 44.1 Å². The van der Waals surface area contributed by atoms with E-state index in [2.05, 4.69) is 10.2 Å². The summed E-state index contributed by atoms with van der Waals surface area (Å²) in [5, 5.41) is 6.77. The Morgan fingerprint density at radius 2 is 2.00 bits per heavy atom. The largest absolute Gasteiger partial charge is 0.411 e. The number of rotatable bonds is 5. The Morgan fingerprint density at radius 1 is 1.24 bits per heavy atom. The molecule has 0 spiro atoms. The molecule has 1 fully saturated rings. The second-order valence-electron chi connectivity index (χ2n) is 6.19. The van der Waals surface area contributed by atoms with E-state index < -0.39 is 31.1 Å². The molecule has 1 aromatic carbocycles. The van der Waals surface area contributed by atoms with Crippen LogP contribution in [0.4, 0.5) is 0 Å². The molecule has 3 rings (SSSR count). The van der Waals surface area contributed by atoms with Gasteiger partial charge in [-0.3, -0.25) is 0 Å². The number of hydrogen-bond acceptors (Lipinski definition) is 7.